The second kappa shape index (κ2) is 11.4. The van der Waals surface area contributed by atoms with E-state index in [2.05, 4.69) is 5.32 Å². The van der Waals surface area contributed by atoms with Gasteiger partial charge in [-0.15, -0.1) is 0 Å². The summed E-state index contributed by atoms with van der Waals surface area (Å²) in [6.07, 6.45) is -0.911. The predicted octanol–water partition coefficient (Wildman–Crippen LogP) is 5.16. The maximum absolute atomic E-state index is 12.7. The normalized spacial score (nSPS) is 12.5. The van der Waals surface area contributed by atoms with Gasteiger partial charge in [0, 0.05) is 6.42 Å². The van der Waals surface area contributed by atoms with E-state index in [-0.39, 0.29) is 22.0 Å². The van der Waals surface area contributed by atoms with Gasteiger partial charge in [-0.05, 0) is 47.9 Å². The van der Waals surface area contributed by atoms with Crippen molar-refractivity contribution in [3.63, 3.8) is 0 Å². The molecule has 35 heavy (non-hydrogen) atoms. The Morgan fingerprint density at radius 3 is 2.06 bits per heavy atom. The summed E-state index contributed by atoms with van der Waals surface area (Å²) in [5.41, 5.74) is 2.49. The molecule has 9 heteroatoms. The van der Waals surface area contributed by atoms with Crippen LogP contribution >= 0.6 is 23.2 Å². The lowest BCUT2D eigenvalue weighted by molar-refractivity contribution is -0.139. The fourth-order valence-corrected chi connectivity index (χ4v) is 4.38. The molecule has 2 atom stereocenters. The zero-order valence-corrected chi connectivity index (χ0v) is 20.9. The minimum Gasteiger partial charge on any atom is -0.496 e. The Hall–Kier alpha value is -3.26. The van der Waals surface area contributed by atoms with E-state index in [0.29, 0.717) is 33.8 Å². The molecule has 3 aromatic carbocycles. The van der Waals surface area contributed by atoms with Gasteiger partial charge in [-0.1, -0.05) is 53.5 Å². The van der Waals surface area contributed by atoms with Gasteiger partial charge < -0.3 is 25.0 Å². The van der Waals surface area contributed by atoms with Crippen molar-refractivity contribution in [2.24, 2.45) is 0 Å². The number of aliphatic hydroxyl groups excluding tert-OH is 1. The number of hydrogen-bond donors (Lipinski definition) is 3. The molecular weight excluding hydrogens is 493 g/mol. The van der Waals surface area contributed by atoms with E-state index in [1.165, 1.54) is 12.1 Å². The summed E-state index contributed by atoms with van der Waals surface area (Å²) in [6, 6.07) is 13.9. The van der Waals surface area contributed by atoms with Gasteiger partial charge in [0.2, 0.25) is 0 Å². The fourth-order valence-electron chi connectivity index (χ4n) is 3.81. The minimum absolute atomic E-state index is 0.00497. The molecule has 0 fully saturated rings. The van der Waals surface area contributed by atoms with Gasteiger partial charge in [0.05, 0.1) is 41.5 Å². The number of carboxylic acids is 1. The van der Waals surface area contributed by atoms with E-state index in [0.717, 1.165) is 0 Å². The van der Waals surface area contributed by atoms with Crippen molar-refractivity contribution in [3.05, 3.63) is 81.3 Å². The van der Waals surface area contributed by atoms with Crippen molar-refractivity contribution in [1.29, 1.82) is 0 Å². The van der Waals surface area contributed by atoms with Gasteiger partial charge >= 0.3 is 5.97 Å². The van der Waals surface area contributed by atoms with Crippen molar-refractivity contribution in [2.45, 2.75) is 25.5 Å². The van der Waals surface area contributed by atoms with Gasteiger partial charge in [-0.25, -0.2) is 4.79 Å². The third-order valence-corrected chi connectivity index (χ3v) is 6.13. The molecule has 1 amide bonds. The topological polar surface area (TPSA) is 105 Å². The number of halogens is 2. The van der Waals surface area contributed by atoms with Gasteiger partial charge in [0.1, 0.15) is 17.5 Å². The Balaban J connectivity index is 1.96. The van der Waals surface area contributed by atoms with Crippen molar-refractivity contribution in [2.75, 3.05) is 14.2 Å². The predicted molar refractivity (Wildman–Crippen MR) is 135 cm³/mol. The van der Waals surface area contributed by atoms with Crippen LogP contribution in [-0.4, -0.2) is 42.4 Å². The van der Waals surface area contributed by atoms with Crippen LogP contribution in [0.3, 0.4) is 0 Å². The Bertz CT molecular complexity index is 1200. The van der Waals surface area contributed by atoms with Crippen LogP contribution in [0, 0.1) is 0 Å². The quantitative estimate of drug-likeness (QED) is 0.362. The Morgan fingerprint density at radius 1 is 0.971 bits per heavy atom. The summed E-state index contributed by atoms with van der Waals surface area (Å²) in [4.78, 5) is 24.7. The van der Waals surface area contributed by atoms with Crippen LogP contribution in [0.5, 0.6) is 11.5 Å². The highest BCUT2D eigenvalue weighted by Gasteiger charge is 2.25. The molecule has 0 heterocycles. The van der Waals surface area contributed by atoms with E-state index in [1.807, 2.05) is 0 Å². The molecule has 7 nitrogen and oxygen atoms in total. The molecule has 0 saturated heterocycles. The summed E-state index contributed by atoms with van der Waals surface area (Å²) in [5, 5.41) is 23.0. The first-order valence-corrected chi connectivity index (χ1v) is 11.4. The van der Waals surface area contributed by atoms with Gasteiger partial charge in [0.25, 0.3) is 5.91 Å². The zero-order valence-electron chi connectivity index (χ0n) is 19.3. The zero-order chi connectivity index (χ0) is 25.7. The first-order chi connectivity index (χ1) is 16.7. The Kier molecular flexibility index (Phi) is 8.62. The summed E-state index contributed by atoms with van der Waals surface area (Å²) in [7, 11) is 3.08. The maximum atomic E-state index is 12.7. The van der Waals surface area contributed by atoms with Gasteiger partial charge in [-0.3, -0.25) is 4.79 Å². The summed E-state index contributed by atoms with van der Waals surface area (Å²) >= 11 is 12.2. The molecule has 0 aliphatic heterocycles. The molecule has 0 radical (unpaired) electrons. The number of methoxy groups -OCH3 is 2. The first kappa shape index (κ1) is 26.3. The number of carbonyl (C=O) groups excluding carboxylic acids is 1. The highest BCUT2D eigenvalue weighted by Crippen LogP contribution is 2.41. The number of benzene rings is 3. The summed E-state index contributed by atoms with van der Waals surface area (Å²) < 4.78 is 11.0. The fraction of sp³-hybridized carbons (Fsp3) is 0.231. The molecule has 3 rings (SSSR count). The second-order valence-electron chi connectivity index (χ2n) is 7.80. The summed E-state index contributed by atoms with van der Waals surface area (Å²) in [5.74, 6) is -0.799. The minimum atomic E-state index is -1.26. The molecule has 0 aromatic heterocycles. The second-order valence-corrected chi connectivity index (χ2v) is 8.61. The average molecular weight is 518 g/mol. The monoisotopic (exact) mass is 517 g/mol. The van der Waals surface area contributed by atoms with Crippen molar-refractivity contribution in [1.82, 2.24) is 5.32 Å². The van der Waals surface area contributed by atoms with Crippen molar-refractivity contribution >= 4 is 35.1 Å². The Morgan fingerprint density at radius 2 is 1.54 bits per heavy atom. The van der Waals surface area contributed by atoms with Crippen LogP contribution < -0.4 is 14.8 Å². The third-order valence-electron chi connectivity index (χ3n) is 5.50. The molecule has 184 valence electrons. The number of aliphatic hydroxyl groups is 1. The number of ether oxygens (including phenoxy) is 2. The number of hydrogen-bond acceptors (Lipinski definition) is 5. The Labute approximate surface area is 213 Å². The molecule has 0 aliphatic carbocycles. The van der Waals surface area contributed by atoms with Crippen LogP contribution in [0.15, 0.2) is 54.6 Å². The number of rotatable bonds is 9. The molecular formula is C26H25Cl2NO6. The van der Waals surface area contributed by atoms with Gasteiger partial charge in [0.15, 0.2) is 0 Å². The standard InChI is InChI=1S/C26H25Cl2NO6/c1-14(30)17-12-15(10-11-16(17)23-21(34-2)8-5-9-22(23)35-3)13-20(26(32)33)29-25(31)24-18(27)6-4-7-19(24)28/h4-12,14,20,30H,13H2,1-3H3,(H,29,31)(H,32,33)/t14?,20-/m0/s1. The number of aliphatic carboxylic acids is 1. The SMILES string of the molecule is COc1cccc(OC)c1-c1ccc(C[C@H](NC(=O)c2c(Cl)cccc2Cl)C(=O)O)cc1C(C)O. The third kappa shape index (κ3) is 5.88. The smallest absolute Gasteiger partial charge is 0.326 e. The lowest BCUT2D eigenvalue weighted by atomic mass is 9.91. The average Bonchev–Trinajstić information content (AvgIpc) is 2.82. The van der Waals surface area contributed by atoms with E-state index < -0.39 is 24.0 Å². The van der Waals surface area contributed by atoms with Gasteiger partial charge in [-0.2, -0.15) is 0 Å². The van der Waals surface area contributed by atoms with E-state index in [4.69, 9.17) is 32.7 Å². The lowest BCUT2D eigenvalue weighted by Gasteiger charge is -2.20. The lowest BCUT2D eigenvalue weighted by Crippen LogP contribution is -2.42. The van der Waals surface area contributed by atoms with E-state index >= 15 is 0 Å². The molecule has 0 spiro atoms. The molecule has 0 aliphatic rings. The van der Waals surface area contributed by atoms with Crippen LogP contribution in [0.2, 0.25) is 10.0 Å². The largest absolute Gasteiger partial charge is 0.496 e. The highest BCUT2D eigenvalue weighted by atomic mass is 35.5. The number of nitrogens with one attached hydrogen (secondary N) is 1. The number of carbonyl (C=O) groups is 2. The van der Waals surface area contributed by atoms with Crippen LogP contribution in [0.25, 0.3) is 11.1 Å². The molecule has 3 N–H and O–H groups in total. The van der Waals surface area contributed by atoms with E-state index in [9.17, 15) is 19.8 Å². The molecule has 0 saturated carbocycles. The van der Waals surface area contributed by atoms with Crippen LogP contribution in [-0.2, 0) is 11.2 Å². The van der Waals surface area contributed by atoms with Crippen molar-refractivity contribution in [3.8, 4) is 22.6 Å². The first-order valence-electron chi connectivity index (χ1n) is 10.7. The molecule has 0 bridgehead atoms. The van der Waals surface area contributed by atoms with Crippen molar-refractivity contribution < 1.29 is 29.3 Å². The highest BCUT2D eigenvalue weighted by molar-refractivity contribution is 6.39. The van der Waals surface area contributed by atoms with E-state index in [1.54, 1.807) is 63.6 Å². The molecule has 3 aromatic rings. The van der Waals surface area contributed by atoms with Crippen LogP contribution in [0.1, 0.15) is 34.5 Å². The van der Waals surface area contributed by atoms with Crippen LogP contribution in [0.4, 0.5) is 0 Å². The summed E-state index contributed by atoms with van der Waals surface area (Å²) in [6.45, 7) is 1.61. The number of carboxylic acid groups (broad SMARTS) is 1. The molecule has 1 unspecified atom stereocenters. The number of amides is 1. The maximum Gasteiger partial charge on any atom is 0.326 e.